The fraction of sp³-hybridized carbons (Fsp3) is 0.438. The highest BCUT2D eigenvalue weighted by atomic mass is 19.1. The number of nitrogens with zero attached hydrogens (tertiary/aromatic N) is 3. The Morgan fingerprint density at radius 2 is 1.86 bits per heavy atom. The normalized spacial score (nSPS) is 16.3. The molecule has 1 aliphatic heterocycles. The Hall–Kier alpha value is -1.95. The highest BCUT2D eigenvalue weighted by Crippen LogP contribution is 2.24. The van der Waals surface area contributed by atoms with Crippen LogP contribution < -0.4 is 4.90 Å². The van der Waals surface area contributed by atoms with Gasteiger partial charge in [0.2, 0.25) is 0 Å². The van der Waals surface area contributed by atoms with Gasteiger partial charge in [-0.1, -0.05) is 0 Å². The second kappa shape index (κ2) is 6.04. The zero-order valence-corrected chi connectivity index (χ0v) is 12.9. The van der Waals surface area contributed by atoms with Crippen molar-refractivity contribution in [3.63, 3.8) is 0 Å². The molecule has 0 unspecified atom stereocenters. The fourth-order valence-corrected chi connectivity index (χ4v) is 3.05. The Morgan fingerprint density at radius 3 is 2.50 bits per heavy atom. The van der Waals surface area contributed by atoms with Gasteiger partial charge in [-0.3, -0.25) is 10.00 Å². The first-order valence-electron chi connectivity index (χ1n) is 7.47. The lowest BCUT2D eigenvalue weighted by atomic mass is 10.1. The van der Waals surface area contributed by atoms with E-state index in [0.717, 1.165) is 49.3 Å². The molecule has 0 bridgehead atoms. The van der Waals surface area contributed by atoms with E-state index < -0.39 is 0 Å². The number of rotatable bonds is 3. The zero-order valence-electron chi connectivity index (χ0n) is 12.9. The monoisotopic (exact) mass is 306 g/mol. The molecular weight excluding hydrogens is 286 g/mol. The van der Waals surface area contributed by atoms with Gasteiger partial charge >= 0.3 is 0 Å². The van der Waals surface area contributed by atoms with Crippen LogP contribution in [0.4, 0.5) is 14.5 Å². The van der Waals surface area contributed by atoms with Crippen molar-refractivity contribution < 1.29 is 8.78 Å². The predicted molar refractivity (Wildman–Crippen MR) is 81.9 cm³/mol. The quantitative estimate of drug-likeness (QED) is 0.947. The maximum Gasteiger partial charge on any atom is 0.127 e. The van der Waals surface area contributed by atoms with Crippen molar-refractivity contribution in [3.8, 4) is 0 Å². The molecule has 1 aliphatic rings. The maximum atomic E-state index is 13.7. The molecule has 1 N–H and O–H groups in total. The van der Waals surface area contributed by atoms with Crippen LogP contribution in [-0.2, 0) is 6.54 Å². The first-order chi connectivity index (χ1) is 10.5. The minimum atomic E-state index is -0.389. The van der Waals surface area contributed by atoms with Gasteiger partial charge in [0.25, 0.3) is 0 Å². The van der Waals surface area contributed by atoms with E-state index in [0.29, 0.717) is 12.1 Å². The van der Waals surface area contributed by atoms with Gasteiger partial charge < -0.3 is 4.90 Å². The van der Waals surface area contributed by atoms with Gasteiger partial charge in [-0.15, -0.1) is 0 Å². The molecule has 0 aliphatic carbocycles. The molecule has 22 heavy (non-hydrogen) atoms. The Bertz CT molecular complexity index is 641. The lowest BCUT2D eigenvalue weighted by Gasteiger charge is -2.36. The molecule has 1 fully saturated rings. The number of benzene rings is 1. The van der Waals surface area contributed by atoms with Crippen LogP contribution in [-0.4, -0.2) is 41.3 Å². The largest absolute Gasteiger partial charge is 0.366 e. The third-order valence-corrected chi connectivity index (χ3v) is 4.18. The minimum Gasteiger partial charge on any atom is -0.366 e. The molecule has 1 aromatic carbocycles. The third kappa shape index (κ3) is 2.97. The molecule has 0 spiro atoms. The zero-order chi connectivity index (χ0) is 15.7. The number of halogens is 2. The second-order valence-corrected chi connectivity index (χ2v) is 5.78. The molecule has 0 atom stereocenters. The van der Waals surface area contributed by atoms with Crippen molar-refractivity contribution in [1.82, 2.24) is 15.1 Å². The lowest BCUT2D eigenvalue weighted by Crippen LogP contribution is -2.46. The number of hydrogen-bond donors (Lipinski definition) is 1. The first-order valence-corrected chi connectivity index (χ1v) is 7.47. The summed E-state index contributed by atoms with van der Waals surface area (Å²) in [6.07, 6.45) is 0. The summed E-state index contributed by atoms with van der Waals surface area (Å²) >= 11 is 0. The van der Waals surface area contributed by atoms with Gasteiger partial charge in [-0.05, 0) is 32.0 Å². The van der Waals surface area contributed by atoms with E-state index in [1.165, 1.54) is 12.1 Å². The number of piperazine rings is 1. The minimum absolute atomic E-state index is 0.342. The summed E-state index contributed by atoms with van der Waals surface area (Å²) in [5, 5.41) is 7.23. The average Bonchev–Trinajstić information content (AvgIpc) is 2.83. The summed E-state index contributed by atoms with van der Waals surface area (Å²) in [5.74, 6) is -0.731. The first kappa shape index (κ1) is 15.0. The van der Waals surface area contributed by atoms with E-state index in [1.807, 2.05) is 13.8 Å². The number of hydrogen-bond acceptors (Lipinski definition) is 3. The van der Waals surface area contributed by atoms with Crippen LogP contribution >= 0.6 is 0 Å². The number of aromatic nitrogens is 2. The third-order valence-electron chi connectivity index (χ3n) is 4.18. The fourth-order valence-electron chi connectivity index (χ4n) is 3.05. The van der Waals surface area contributed by atoms with Crippen molar-refractivity contribution >= 4 is 5.69 Å². The molecule has 0 radical (unpaired) electrons. The van der Waals surface area contributed by atoms with Gasteiger partial charge in [0, 0.05) is 38.3 Å². The van der Waals surface area contributed by atoms with E-state index in [9.17, 15) is 8.78 Å². The molecule has 3 rings (SSSR count). The summed E-state index contributed by atoms with van der Waals surface area (Å²) in [7, 11) is 0. The maximum absolute atomic E-state index is 13.7. The molecule has 1 saturated heterocycles. The average molecular weight is 306 g/mol. The van der Waals surface area contributed by atoms with Gasteiger partial charge in [-0.2, -0.15) is 5.10 Å². The molecule has 0 saturated carbocycles. The van der Waals surface area contributed by atoms with E-state index in [4.69, 9.17) is 0 Å². The van der Waals surface area contributed by atoms with E-state index in [1.54, 1.807) is 0 Å². The van der Waals surface area contributed by atoms with Crippen molar-refractivity contribution in [2.45, 2.75) is 20.4 Å². The smallest absolute Gasteiger partial charge is 0.127 e. The Morgan fingerprint density at radius 1 is 1.14 bits per heavy atom. The Labute approximate surface area is 128 Å². The van der Waals surface area contributed by atoms with E-state index in [2.05, 4.69) is 20.0 Å². The molecule has 2 aromatic rings. The van der Waals surface area contributed by atoms with Crippen LogP contribution in [0.25, 0.3) is 0 Å². The van der Waals surface area contributed by atoms with Crippen LogP contribution in [0.3, 0.4) is 0 Å². The summed E-state index contributed by atoms with van der Waals surface area (Å²) in [5.41, 5.74) is 3.66. The van der Waals surface area contributed by atoms with E-state index >= 15 is 0 Å². The molecular formula is C16H20F2N4. The highest BCUT2D eigenvalue weighted by Gasteiger charge is 2.22. The SMILES string of the molecule is Cc1n[nH]c(C)c1N1CCN(Cc2cc(F)ccc2F)CC1. The summed E-state index contributed by atoms with van der Waals surface area (Å²) in [6.45, 7) is 7.81. The van der Waals surface area contributed by atoms with E-state index in [-0.39, 0.29) is 11.6 Å². The summed E-state index contributed by atoms with van der Waals surface area (Å²) < 4.78 is 26.9. The molecule has 1 aromatic heterocycles. The van der Waals surface area contributed by atoms with Crippen LogP contribution in [0.2, 0.25) is 0 Å². The summed E-state index contributed by atoms with van der Waals surface area (Å²) in [4.78, 5) is 4.45. The van der Waals surface area contributed by atoms with Crippen LogP contribution in [0.5, 0.6) is 0 Å². The van der Waals surface area contributed by atoms with Crippen molar-refractivity contribution in [3.05, 3.63) is 46.8 Å². The second-order valence-electron chi connectivity index (χ2n) is 5.78. The molecule has 4 nitrogen and oxygen atoms in total. The topological polar surface area (TPSA) is 35.2 Å². The van der Waals surface area contributed by atoms with Crippen molar-refractivity contribution in [2.24, 2.45) is 0 Å². The van der Waals surface area contributed by atoms with Crippen LogP contribution in [0.1, 0.15) is 17.0 Å². The molecule has 6 heteroatoms. The Kier molecular flexibility index (Phi) is 4.11. The standard InChI is InChI=1S/C16H20F2N4/c1-11-16(12(2)20-19-11)22-7-5-21(6-8-22)10-13-9-14(17)3-4-15(13)18/h3-4,9H,5-8,10H2,1-2H3,(H,19,20). The lowest BCUT2D eigenvalue weighted by molar-refractivity contribution is 0.246. The predicted octanol–water partition coefficient (Wildman–Crippen LogP) is 2.63. The molecule has 2 heterocycles. The van der Waals surface area contributed by atoms with Crippen LogP contribution in [0, 0.1) is 25.5 Å². The summed E-state index contributed by atoms with van der Waals surface area (Å²) in [6, 6.07) is 3.63. The number of nitrogens with one attached hydrogen (secondary N) is 1. The van der Waals surface area contributed by atoms with Crippen molar-refractivity contribution in [1.29, 1.82) is 0 Å². The number of aromatic amines is 1. The van der Waals surface area contributed by atoms with Gasteiger partial charge in [0.15, 0.2) is 0 Å². The molecule has 0 amide bonds. The number of H-pyrrole nitrogens is 1. The highest BCUT2D eigenvalue weighted by molar-refractivity contribution is 5.54. The Balaban J connectivity index is 1.64. The van der Waals surface area contributed by atoms with Crippen LogP contribution in [0.15, 0.2) is 18.2 Å². The van der Waals surface area contributed by atoms with Crippen molar-refractivity contribution in [2.75, 3.05) is 31.1 Å². The molecule has 118 valence electrons. The van der Waals surface area contributed by atoms with Gasteiger partial charge in [0.1, 0.15) is 11.6 Å². The van der Waals surface area contributed by atoms with Gasteiger partial charge in [0.05, 0.1) is 17.1 Å². The van der Waals surface area contributed by atoms with Gasteiger partial charge in [-0.25, -0.2) is 8.78 Å². The number of aryl methyl sites for hydroxylation is 2. The number of anilines is 1.